The van der Waals surface area contributed by atoms with Crippen LogP contribution in [0, 0.1) is 0 Å². The van der Waals surface area contributed by atoms with Gasteiger partial charge in [-0.3, -0.25) is 0 Å². The topological polar surface area (TPSA) is 28.7 Å². The van der Waals surface area contributed by atoms with Gasteiger partial charge in [-0.25, -0.2) is 0 Å². The molecule has 42 valence electrons. The number of aromatic amines is 1. The summed E-state index contributed by atoms with van der Waals surface area (Å²) in [5, 5.41) is 1.16. The second-order valence-electron chi connectivity index (χ2n) is 1.94. The number of hydrogen-bond donors (Lipinski definition) is 1. The van der Waals surface area contributed by atoms with Crippen molar-refractivity contribution in [3.8, 4) is 0 Å². The van der Waals surface area contributed by atoms with Crippen molar-refractivity contribution in [2.24, 2.45) is 0 Å². The van der Waals surface area contributed by atoms with E-state index in [4.69, 9.17) is 0 Å². The Kier molecular flexibility index (Phi) is 0.888. The molecule has 0 unspecified atom stereocenters. The molecular weight excluding hydrogens is 111 g/mol. The van der Waals surface area contributed by atoms with Crippen LogP contribution in [0.5, 0.6) is 0 Å². The van der Waals surface area contributed by atoms with Gasteiger partial charge in [-0.05, 0) is 0 Å². The number of pyridine rings is 1. The van der Waals surface area contributed by atoms with E-state index in [-0.39, 0.29) is 0 Å². The molecule has 2 rings (SSSR count). The van der Waals surface area contributed by atoms with Gasteiger partial charge in [0.25, 0.3) is 0 Å². The van der Waals surface area contributed by atoms with E-state index in [1.807, 2.05) is 25.3 Å². The van der Waals surface area contributed by atoms with Crippen LogP contribution in [-0.2, 0) is 0 Å². The molecule has 0 saturated heterocycles. The Labute approximate surface area is 53.1 Å². The van der Waals surface area contributed by atoms with Crippen molar-refractivity contribution in [2.75, 3.05) is 0 Å². The normalized spacial score (nSPS) is 9.78. The predicted octanol–water partition coefficient (Wildman–Crippen LogP) is 0.901. The van der Waals surface area contributed by atoms with E-state index in [0.717, 1.165) is 10.8 Å². The van der Waals surface area contributed by atoms with Crippen molar-refractivity contribution in [3.05, 3.63) is 24.6 Å². The molecule has 0 saturated carbocycles. The van der Waals surface area contributed by atoms with Crippen molar-refractivity contribution in [1.29, 1.82) is 0 Å². The number of aromatic nitrogens is 2. The van der Waals surface area contributed by atoms with Crippen LogP contribution in [0.2, 0.25) is 0 Å². The maximum atomic E-state index is 3.97. The third-order valence-electron chi connectivity index (χ3n) is 1.35. The van der Waals surface area contributed by atoms with Crippen molar-refractivity contribution in [3.63, 3.8) is 0 Å². The van der Waals surface area contributed by atoms with Crippen molar-refractivity contribution >= 4 is 17.7 Å². The van der Waals surface area contributed by atoms with Crippen molar-refractivity contribution in [2.45, 2.75) is 0 Å². The summed E-state index contributed by atoms with van der Waals surface area (Å²) >= 11 is 0. The summed E-state index contributed by atoms with van der Waals surface area (Å²) in [5.41, 5.74) is 1.14. The van der Waals surface area contributed by atoms with Crippen LogP contribution in [-0.4, -0.2) is 16.9 Å². The van der Waals surface area contributed by atoms with Gasteiger partial charge in [-0.15, -0.1) is 0 Å². The zero-order valence-corrected chi connectivity index (χ0v) is 4.83. The molecule has 0 fully saturated rings. The third kappa shape index (κ3) is 0.651. The van der Waals surface area contributed by atoms with Crippen LogP contribution in [0.15, 0.2) is 24.6 Å². The molecule has 2 aromatic rings. The fraction of sp³-hybridized carbons (Fsp3) is 0. The Morgan fingerprint density at radius 1 is 1.56 bits per heavy atom. The molecule has 2 aromatic heterocycles. The molecule has 3 heteroatoms. The molecule has 0 radical (unpaired) electrons. The molecule has 0 amide bonds. The van der Waals surface area contributed by atoms with Gasteiger partial charge in [0.15, 0.2) is 0 Å². The fourth-order valence-electron chi connectivity index (χ4n) is 0.892. The summed E-state index contributed by atoms with van der Waals surface area (Å²) in [6, 6.07) is 1.95. The van der Waals surface area contributed by atoms with E-state index in [0.29, 0.717) is 0 Å². The summed E-state index contributed by atoms with van der Waals surface area (Å²) in [4.78, 5) is 7.04. The van der Waals surface area contributed by atoms with Crippen molar-refractivity contribution < 1.29 is 0 Å². The predicted molar refractivity (Wildman–Crippen MR) is 37.4 cm³/mol. The molecular formula is C6H5BN2. The molecule has 0 bridgehead atoms. The van der Waals surface area contributed by atoms with Crippen LogP contribution < -0.4 is 0 Å². The zero-order valence-electron chi connectivity index (χ0n) is 4.83. The number of nitrogens with zero attached hydrogens (tertiary/aromatic N) is 1. The number of H-pyrrole nitrogens is 1. The second-order valence-corrected chi connectivity index (χ2v) is 1.94. The maximum absolute atomic E-state index is 3.97. The molecule has 0 aromatic carbocycles. The molecule has 0 spiro atoms. The van der Waals surface area contributed by atoms with E-state index >= 15 is 0 Å². The van der Waals surface area contributed by atoms with E-state index in [1.54, 1.807) is 6.20 Å². The third-order valence-corrected chi connectivity index (χ3v) is 1.35. The zero-order chi connectivity index (χ0) is 6.10. The molecule has 2 nitrogen and oxygen atoms in total. The first-order chi connectivity index (χ1) is 4.47. The molecule has 2 heterocycles. The molecule has 9 heavy (non-hydrogen) atoms. The summed E-state index contributed by atoms with van der Waals surface area (Å²) in [6.07, 6.45) is 5.52. The van der Waals surface area contributed by atoms with E-state index in [1.165, 1.54) is 0 Å². The van der Waals surface area contributed by atoms with Crippen LogP contribution in [0.1, 0.15) is 0 Å². The Bertz CT molecular complexity index is 285. The standard InChI is InChI=1S/C6H5BN2/c1-2-8-3-5-6(1)9-4-7-5/h1-4,9H. The van der Waals surface area contributed by atoms with Crippen LogP contribution in [0.3, 0.4) is 0 Å². The minimum absolute atomic E-state index is 1.14. The van der Waals surface area contributed by atoms with Gasteiger partial charge in [0, 0.05) is 0 Å². The molecule has 1 N–H and O–H groups in total. The Balaban J connectivity index is 2.95. The Morgan fingerprint density at radius 3 is 3.44 bits per heavy atom. The first-order valence-corrected chi connectivity index (χ1v) is 2.84. The molecule has 0 aliphatic heterocycles. The van der Waals surface area contributed by atoms with Crippen LogP contribution >= 0.6 is 0 Å². The van der Waals surface area contributed by atoms with Gasteiger partial charge in [-0.2, -0.15) is 0 Å². The Hall–Kier alpha value is -1.12. The first-order valence-electron chi connectivity index (χ1n) is 2.84. The average molecular weight is 116 g/mol. The Morgan fingerprint density at radius 2 is 2.56 bits per heavy atom. The summed E-state index contributed by atoms with van der Waals surface area (Å²) in [5.74, 6) is 0. The second kappa shape index (κ2) is 1.69. The van der Waals surface area contributed by atoms with Crippen molar-refractivity contribution in [1.82, 2.24) is 9.97 Å². The number of hydrogen-bond acceptors (Lipinski definition) is 1. The summed E-state index contributed by atoms with van der Waals surface area (Å²) in [6.45, 7) is 2.00. The van der Waals surface area contributed by atoms with E-state index in [9.17, 15) is 0 Å². The monoisotopic (exact) mass is 116 g/mol. The number of fused-ring (bicyclic) bond motifs is 1. The van der Waals surface area contributed by atoms with Crippen LogP contribution in [0.4, 0.5) is 0 Å². The van der Waals surface area contributed by atoms with Gasteiger partial charge in [0.1, 0.15) is 0 Å². The first kappa shape index (κ1) is 4.73. The van der Waals surface area contributed by atoms with Gasteiger partial charge in [0.2, 0.25) is 0 Å². The SMILES string of the molecule is b1c[nH]c2ccncc12. The number of rotatable bonds is 0. The quantitative estimate of drug-likeness (QED) is 0.544. The minimum atomic E-state index is 1.14. The van der Waals surface area contributed by atoms with Gasteiger partial charge in [-0.1, -0.05) is 0 Å². The summed E-state index contributed by atoms with van der Waals surface area (Å²) < 4.78 is 0. The van der Waals surface area contributed by atoms with E-state index in [2.05, 4.69) is 9.97 Å². The molecule has 0 atom stereocenters. The molecule has 0 aliphatic carbocycles. The average Bonchev–Trinajstić information content (AvgIpc) is 2.33. The number of nitrogens with one attached hydrogen (secondary N) is 1. The molecule has 0 aliphatic rings. The summed E-state index contributed by atoms with van der Waals surface area (Å²) in [7, 11) is 0. The van der Waals surface area contributed by atoms with E-state index < -0.39 is 0 Å². The van der Waals surface area contributed by atoms with Gasteiger partial charge >= 0.3 is 52.2 Å². The van der Waals surface area contributed by atoms with Gasteiger partial charge in [0.05, 0.1) is 0 Å². The van der Waals surface area contributed by atoms with Gasteiger partial charge < -0.3 is 0 Å². The fourth-order valence-corrected chi connectivity index (χ4v) is 0.892. The van der Waals surface area contributed by atoms with Crippen LogP contribution in [0.25, 0.3) is 10.8 Å².